The molecule has 0 saturated heterocycles. The Bertz CT molecular complexity index is 2650. The number of hydrogen-bond donors (Lipinski definition) is 7. The van der Waals surface area contributed by atoms with E-state index in [4.69, 9.17) is 14.2 Å². The molecule has 6 aromatic rings. The van der Waals surface area contributed by atoms with Crippen LogP contribution in [0.15, 0.2) is 103 Å². The highest BCUT2D eigenvalue weighted by Gasteiger charge is 2.46. The number of phenols is 2. The van der Waals surface area contributed by atoms with E-state index in [1.165, 1.54) is 0 Å². The maximum atomic E-state index is 15.8. The first-order valence-electron chi connectivity index (χ1n) is 22.7. The second-order valence-corrected chi connectivity index (χ2v) is 20.7. The number of aromatic nitrogens is 1. The van der Waals surface area contributed by atoms with Gasteiger partial charge in [0.25, 0.3) is 0 Å². The SMILES string of the molecule is CNCc1cc(O)cc([C@]2(C(=O)C[C@@H](O)[C@H](Cc3cc[n-]c3)Cc3ccc(O)c(OC)c3Cc3cccc4ccccc34)CC[C@H]3SSC[C@@](C)(O)CNCOc4c(OCO)ccc(c43)C2)c1. The summed E-state index contributed by atoms with van der Waals surface area (Å²) in [6.07, 6.45) is 4.59. The van der Waals surface area contributed by atoms with Crippen molar-refractivity contribution in [3.05, 3.63) is 148 Å². The van der Waals surface area contributed by atoms with Gasteiger partial charge < -0.3 is 50.0 Å². The van der Waals surface area contributed by atoms with Crippen molar-refractivity contribution in [2.75, 3.05) is 40.0 Å². The van der Waals surface area contributed by atoms with Crippen LogP contribution < -0.4 is 29.8 Å². The fraction of sp³-hybridized carbons (Fsp3) is 0.377. The summed E-state index contributed by atoms with van der Waals surface area (Å²) in [7, 11) is 6.54. The number of aliphatic hydroxyl groups is 3. The Hall–Kier alpha value is -5.19. The average Bonchev–Trinajstić information content (AvgIpc) is 3.75. The Labute approximate surface area is 399 Å². The first kappa shape index (κ1) is 48.3. The number of β-amino-alcohol motifs (C(OH)–C–C–N with tert-alkyl or cyclic N) is 1. The van der Waals surface area contributed by atoms with Crippen LogP contribution in [-0.4, -0.2) is 83.0 Å². The highest BCUT2D eigenvalue weighted by Crippen LogP contribution is 2.55. The summed E-state index contributed by atoms with van der Waals surface area (Å²) in [5.41, 5.74) is 4.60. The van der Waals surface area contributed by atoms with Gasteiger partial charge in [0.2, 0.25) is 0 Å². The number of rotatable bonds is 16. The number of Topliss-reactive ketones (excluding diaryl/α,β-unsaturated/α-hetero) is 1. The van der Waals surface area contributed by atoms with Gasteiger partial charge in [-0.3, -0.25) is 10.1 Å². The van der Waals surface area contributed by atoms with Crippen molar-refractivity contribution < 1.29 is 44.5 Å². The van der Waals surface area contributed by atoms with Gasteiger partial charge in [0.1, 0.15) is 18.3 Å². The number of ether oxygens (including phenoxy) is 3. The first-order chi connectivity index (χ1) is 32.4. The Balaban J connectivity index is 1.20. The summed E-state index contributed by atoms with van der Waals surface area (Å²) in [5, 5.41) is 64.5. The highest BCUT2D eigenvalue weighted by molar-refractivity contribution is 8.76. The lowest BCUT2D eigenvalue weighted by molar-refractivity contribution is -0.127. The van der Waals surface area contributed by atoms with Crippen LogP contribution in [-0.2, 0) is 42.4 Å². The van der Waals surface area contributed by atoms with E-state index in [1.54, 1.807) is 72.3 Å². The molecule has 1 aliphatic heterocycles. The summed E-state index contributed by atoms with van der Waals surface area (Å²) in [6, 6.07) is 28.9. The molecule has 8 rings (SSSR count). The van der Waals surface area contributed by atoms with Gasteiger partial charge in [-0.25, -0.2) is 0 Å². The number of phenolic OH excluding ortho intramolecular Hbond substituents is 2. The van der Waals surface area contributed by atoms with Crippen molar-refractivity contribution in [3.8, 4) is 28.7 Å². The van der Waals surface area contributed by atoms with E-state index in [2.05, 4.69) is 39.9 Å². The number of aliphatic hydroxyl groups excluding tert-OH is 2. The summed E-state index contributed by atoms with van der Waals surface area (Å²) in [4.78, 5) is 20.1. The zero-order valence-corrected chi connectivity index (χ0v) is 39.8. The van der Waals surface area contributed by atoms with Crippen LogP contribution in [0, 0.1) is 5.92 Å². The molecule has 12 nitrogen and oxygen atoms in total. The molecule has 5 aromatic carbocycles. The van der Waals surface area contributed by atoms with Crippen LogP contribution in [0.5, 0.6) is 28.7 Å². The maximum absolute atomic E-state index is 15.8. The summed E-state index contributed by atoms with van der Waals surface area (Å²) in [5.74, 6) is 1.05. The molecule has 0 radical (unpaired) electrons. The molecule has 7 N–H and O–H groups in total. The maximum Gasteiger partial charge on any atom is 0.186 e. The van der Waals surface area contributed by atoms with Crippen molar-refractivity contribution >= 4 is 38.1 Å². The van der Waals surface area contributed by atoms with Crippen molar-refractivity contribution in [3.63, 3.8) is 0 Å². The largest absolute Gasteiger partial charge is 0.670 e. The van der Waals surface area contributed by atoms with E-state index >= 15 is 4.79 Å². The Morgan fingerprint density at radius 2 is 1.85 bits per heavy atom. The number of nitrogens with zero attached hydrogens (tertiary/aromatic N) is 1. The van der Waals surface area contributed by atoms with Crippen molar-refractivity contribution in [2.24, 2.45) is 5.92 Å². The zero-order valence-electron chi connectivity index (χ0n) is 38.2. The minimum absolute atomic E-state index is 0.0191. The van der Waals surface area contributed by atoms with Gasteiger partial charge in [-0.1, -0.05) is 93.9 Å². The molecule has 0 saturated carbocycles. The number of benzene rings is 5. The number of fused-ring (bicyclic) bond motifs is 1. The fourth-order valence-electron chi connectivity index (χ4n) is 9.96. The smallest absolute Gasteiger partial charge is 0.186 e. The van der Waals surface area contributed by atoms with Gasteiger partial charge in [-0.15, -0.1) is 0 Å². The van der Waals surface area contributed by atoms with E-state index in [1.807, 2.05) is 49.5 Å². The van der Waals surface area contributed by atoms with Crippen LogP contribution in [0.4, 0.5) is 0 Å². The third-order valence-corrected chi connectivity index (χ3v) is 16.3. The van der Waals surface area contributed by atoms with Crippen LogP contribution in [0.2, 0.25) is 0 Å². The molecule has 354 valence electrons. The van der Waals surface area contributed by atoms with Gasteiger partial charge in [0, 0.05) is 48.1 Å². The highest BCUT2D eigenvalue weighted by atomic mass is 33.1. The fourth-order valence-corrected chi connectivity index (χ4v) is 13.2. The lowest BCUT2D eigenvalue weighted by atomic mass is 9.68. The molecule has 1 aliphatic carbocycles. The number of ketones is 1. The van der Waals surface area contributed by atoms with Crippen molar-refractivity contribution in [1.82, 2.24) is 15.6 Å². The van der Waals surface area contributed by atoms with Crippen LogP contribution in [0.1, 0.15) is 75.9 Å². The predicted octanol–water partition coefficient (Wildman–Crippen LogP) is 7.66. The molecule has 14 heteroatoms. The van der Waals surface area contributed by atoms with E-state index in [9.17, 15) is 25.5 Å². The number of aromatic hydroxyl groups is 2. The van der Waals surface area contributed by atoms with E-state index in [0.717, 1.165) is 49.7 Å². The van der Waals surface area contributed by atoms with Crippen molar-refractivity contribution in [2.45, 2.75) is 80.8 Å². The minimum Gasteiger partial charge on any atom is -0.670 e. The summed E-state index contributed by atoms with van der Waals surface area (Å²) < 4.78 is 18.0. The molecule has 0 amide bonds. The normalized spacial score (nSPS) is 20.7. The second-order valence-electron chi connectivity index (χ2n) is 18.1. The quantitative estimate of drug-likeness (QED) is 0.0371. The van der Waals surface area contributed by atoms with Gasteiger partial charge in [0.15, 0.2) is 29.8 Å². The Morgan fingerprint density at radius 3 is 2.64 bits per heavy atom. The molecule has 1 aromatic heterocycles. The van der Waals surface area contributed by atoms with Crippen molar-refractivity contribution in [1.29, 1.82) is 0 Å². The molecule has 67 heavy (non-hydrogen) atoms. The number of hydrogen-bond acceptors (Lipinski definition) is 13. The van der Waals surface area contributed by atoms with Gasteiger partial charge in [-0.2, -0.15) is 12.4 Å². The molecule has 0 bridgehead atoms. The minimum atomic E-state index is -1.21. The van der Waals surface area contributed by atoms with Gasteiger partial charge >= 0.3 is 0 Å². The standard InChI is InChI=1S/C53H60N3O9S2/c1-52(62)29-56-31-64-51-46(65-32-57)14-12-38-26-53(17-15-47(49(38)51)67-66-30-52,40-20-34(27-54-2)21-41(58)24-40)48(61)25-45(60)39(19-33-16-18-55-28-33)22-37-11-13-44(59)50(63-3)43(37)23-36-9-6-8-35-7-4-5-10-42(35)36/h4-14,16,18,20-21,24,28,39,45,47,54,56-60,62H,15,17,19,22-23,25-27,29-32H2,1-3H3/q-1/t39-,45-,47-,52+,53+/m1/s1. The first-order valence-corrected chi connectivity index (χ1v) is 25.1. The van der Waals surface area contributed by atoms with E-state index < -0.39 is 29.8 Å². The van der Waals surface area contributed by atoms with Crippen LogP contribution in [0.25, 0.3) is 10.8 Å². The second kappa shape index (κ2) is 21.4. The Kier molecular flexibility index (Phi) is 15.4. The number of carbonyl (C=O) groups is 1. The monoisotopic (exact) mass is 946 g/mol. The lowest BCUT2D eigenvalue weighted by Crippen LogP contribution is -2.41. The molecular weight excluding hydrogens is 887 g/mol. The third-order valence-electron chi connectivity index (χ3n) is 13.3. The van der Waals surface area contributed by atoms with Gasteiger partial charge in [0.05, 0.1) is 24.2 Å². The number of carbonyl (C=O) groups excluding carboxylic acids is 1. The molecule has 0 fully saturated rings. The molecular formula is C53H60N3O9S2-. The zero-order chi connectivity index (χ0) is 47.1. The van der Waals surface area contributed by atoms with Crippen LogP contribution >= 0.6 is 21.6 Å². The Morgan fingerprint density at radius 1 is 1.01 bits per heavy atom. The number of nitrogens with one attached hydrogen (secondary N) is 2. The summed E-state index contributed by atoms with van der Waals surface area (Å²) >= 11 is 0. The molecule has 2 heterocycles. The molecule has 0 spiro atoms. The average molecular weight is 947 g/mol. The molecule has 5 atom stereocenters. The predicted molar refractivity (Wildman–Crippen MR) is 264 cm³/mol. The number of methoxy groups -OCH3 is 1. The lowest BCUT2D eigenvalue weighted by Gasteiger charge is -2.35. The topological polar surface area (TPSA) is 184 Å². The third kappa shape index (κ3) is 10.9. The van der Waals surface area contributed by atoms with Gasteiger partial charge in [-0.05, 0) is 115 Å². The molecule has 0 unspecified atom stereocenters. The van der Waals surface area contributed by atoms with Crippen LogP contribution in [0.3, 0.4) is 0 Å². The van der Waals surface area contributed by atoms with E-state index in [-0.39, 0.29) is 42.1 Å². The summed E-state index contributed by atoms with van der Waals surface area (Å²) in [6.45, 7) is 2.05. The molecule has 2 aliphatic rings. The van der Waals surface area contributed by atoms with E-state index in [0.29, 0.717) is 73.8 Å².